The number of ether oxygens (including phenoxy) is 3. The summed E-state index contributed by atoms with van der Waals surface area (Å²) in [5.74, 6) is 0.461. The molecule has 0 radical (unpaired) electrons. The Balaban J connectivity index is 0.000000178. The van der Waals surface area contributed by atoms with Crippen LogP contribution in [0.15, 0.2) is 140 Å². The van der Waals surface area contributed by atoms with Crippen molar-refractivity contribution in [2.45, 2.75) is 57.1 Å². The summed E-state index contributed by atoms with van der Waals surface area (Å²) in [6.07, 6.45) is 6.67. The van der Waals surface area contributed by atoms with Crippen LogP contribution in [0.1, 0.15) is 52.3 Å². The van der Waals surface area contributed by atoms with E-state index < -0.39 is 22.2 Å². The largest absolute Gasteiger partial charge is 0.486 e. The van der Waals surface area contributed by atoms with Crippen LogP contribution in [-0.4, -0.2) is 186 Å². The van der Waals surface area contributed by atoms with Gasteiger partial charge < -0.3 is 54.4 Å². The maximum Gasteiger partial charge on any atom is 0.311 e. The molecule has 4 saturated heterocycles. The van der Waals surface area contributed by atoms with E-state index in [0.717, 1.165) is 134 Å². The SMILES string of the molecule is COC(=O)C1CN(CCc2ccc(Cl)cc2)C1.CS(=O)(=O)OCCc1ccc(Cl)cc1.O=C(N[C@H](CN1CCCC1)[C@H](O)c1ccc2c(c1)OCCO2)C1CN(CCc2ccc(Cl)cc2)C1.O=C(O)C1CN(CCc2ccc(Cl)cc2)C1.OCCc1ccc(Cl)cc1. The van der Waals surface area contributed by atoms with E-state index in [1.807, 2.05) is 115 Å². The number of nitrogens with one attached hydrogen (secondary N) is 1. The van der Waals surface area contributed by atoms with Crippen LogP contribution in [0, 0.1) is 17.8 Å². The number of aliphatic hydroxyl groups excluding tert-OH is 2. The first-order valence-electron chi connectivity index (χ1n) is 30.9. The minimum absolute atomic E-state index is 0.0218. The zero-order valence-electron chi connectivity index (χ0n) is 52.0. The first kappa shape index (κ1) is 73.9. The van der Waals surface area contributed by atoms with E-state index in [1.54, 1.807) is 12.1 Å². The van der Waals surface area contributed by atoms with E-state index in [0.29, 0.717) is 62.2 Å². The molecule has 6 aromatic rings. The van der Waals surface area contributed by atoms with Crippen molar-refractivity contribution in [2.75, 3.05) is 118 Å². The predicted octanol–water partition coefficient (Wildman–Crippen LogP) is 10.5. The van der Waals surface area contributed by atoms with E-state index in [9.17, 15) is 27.9 Å². The molecule has 4 fully saturated rings. The number of hydrogen-bond donors (Lipinski definition) is 4. The Morgan fingerprint density at radius 3 is 1.35 bits per heavy atom. The fraction of sp³-hybridized carbons (Fsp3) is 0.435. The van der Waals surface area contributed by atoms with Crippen molar-refractivity contribution in [3.8, 4) is 11.5 Å². The van der Waals surface area contributed by atoms with Gasteiger partial charge in [-0.25, -0.2) is 0 Å². The van der Waals surface area contributed by atoms with Crippen LogP contribution in [0.25, 0.3) is 0 Å². The average molecular weight is 1380 g/mol. The number of fused-ring (bicyclic) bond motifs is 1. The zero-order chi connectivity index (χ0) is 66.0. The summed E-state index contributed by atoms with van der Waals surface area (Å²) in [4.78, 5) is 43.9. The maximum absolute atomic E-state index is 13.1. The number of benzene rings is 6. The number of aliphatic hydroxyl groups is 2. The van der Waals surface area contributed by atoms with Crippen molar-refractivity contribution in [3.05, 3.63) is 198 Å². The van der Waals surface area contributed by atoms with Crippen LogP contribution in [0.2, 0.25) is 25.1 Å². The molecule has 5 heterocycles. The van der Waals surface area contributed by atoms with Crippen LogP contribution >= 0.6 is 58.0 Å². The normalized spacial score (nSPS) is 16.6. The van der Waals surface area contributed by atoms with Gasteiger partial charge in [0.25, 0.3) is 10.1 Å². The smallest absolute Gasteiger partial charge is 0.311 e. The number of carboxylic acid groups (broad SMARTS) is 1. The molecule has 0 aliphatic carbocycles. The lowest BCUT2D eigenvalue weighted by Crippen LogP contribution is -2.57. The van der Waals surface area contributed by atoms with Gasteiger partial charge in [-0.2, -0.15) is 8.42 Å². The summed E-state index contributed by atoms with van der Waals surface area (Å²) in [6.45, 7) is 11.3. The fourth-order valence-electron chi connectivity index (χ4n) is 10.7. The fourth-order valence-corrected chi connectivity index (χ4v) is 11.7. The van der Waals surface area contributed by atoms with Gasteiger partial charge in [-0.05, 0) is 164 Å². The predicted molar refractivity (Wildman–Crippen MR) is 363 cm³/mol. The highest BCUT2D eigenvalue weighted by Gasteiger charge is 2.36. The van der Waals surface area contributed by atoms with Crippen LogP contribution < -0.4 is 14.8 Å². The standard InChI is InChI=1S/C27H34ClN3O4.C13H16ClNO2.C12H14ClNO2.C9H11ClO3S.C8H9ClO/c28-22-6-3-19(4-7-22)9-12-31-16-21(17-31)27(33)29-23(18-30-10-1-2-11-30)26(32)20-5-8-24-25(15-20)35-14-13-34-24;1-17-13(16)11-8-15(9-11)7-6-10-2-4-12(14)5-3-10;13-11-3-1-9(2-4-11)5-6-14-7-10(8-14)12(15)16;1-14(11,12)13-7-6-8-2-4-9(10)5-3-8;9-8-3-1-7(2-4-8)5-6-10/h3-8,15,21,23,26,32H,1-2,9-14,16-18H2,(H,29,33);2-5,11H,6-9H2,1H3;1-4,10H,5-8H2,(H,15,16);2-5H,6-7H2,1H3;1-4,10H,5-6H2/t23-,26-;;;;/m1..../s1. The number of methoxy groups -OCH3 is 1. The van der Waals surface area contributed by atoms with Gasteiger partial charge in [-0.3, -0.25) is 18.6 Å². The summed E-state index contributed by atoms with van der Waals surface area (Å²) in [6, 6.07) is 43.5. The third-order valence-corrected chi connectivity index (χ3v) is 18.1. The topological polar surface area (TPSA) is 208 Å². The molecular weight excluding hydrogens is 1300 g/mol. The quantitative estimate of drug-likeness (QED) is 0.0347. The molecule has 498 valence electrons. The molecule has 0 aromatic heterocycles. The van der Waals surface area contributed by atoms with Gasteiger partial charge in [0.2, 0.25) is 5.91 Å². The molecule has 4 N–H and O–H groups in total. The van der Waals surface area contributed by atoms with Crippen molar-refractivity contribution in [1.82, 2.24) is 24.9 Å². The van der Waals surface area contributed by atoms with Crippen LogP contribution in [0.3, 0.4) is 0 Å². The van der Waals surface area contributed by atoms with Crippen LogP contribution in [-0.2, 0) is 65.5 Å². The molecule has 5 aliphatic rings. The second-order valence-corrected chi connectivity index (χ2v) is 27.2. The number of hydrogen-bond acceptors (Lipinski definition) is 15. The van der Waals surface area contributed by atoms with Crippen molar-refractivity contribution < 1.29 is 56.5 Å². The van der Waals surface area contributed by atoms with Crippen LogP contribution in [0.5, 0.6) is 11.5 Å². The first-order valence-corrected chi connectivity index (χ1v) is 34.6. The molecular formula is C69H84Cl5N5O12S. The van der Waals surface area contributed by atoms with Gasteiger partial charge in [-0.15, -0.1) is 0 Å². The molecule has 17 nitrogen and oxygen atoms in total. The number of carboxylic acids is 1. The Morgan fingerprint density at radius 1 is 0.554 bits per heavy atom. The summed E-state index contributed by atoms with van der Waals surface area (Å²) >= 11 is 28.9. The Morgan fingerprint density at radius 2 is 0.946 bits per heavy atom. The van der Waals surface area contributed by atoms with Crippen molar-refractivity contribution >= 4 is 86.0 Å². The average Bonchev–Trinajstić information content (AvgIpc) is 0.998. The molecule has 6 aromatic carbocycles. The molecule has 1 amide bonds. The van der Waals surface area contributed by atoms with Crippen molar-refractivity contribution in [2.24, 2.45) is 17.8 Å². The zero-order valence-corrected chi connectivity index (χ0v) is 56.6. The Bertz CT molecular complexity index is 3320. The molecule has 0 bridgehead atoms. The number of amides is 1. The molecule has 0 spiro atoms. The number of halogens is 5. The van der Waals surface area contributed by atoms with Gasteiger partial charge in [0.05, 0.1) is 43.8 Å². The Labute approximate surface area is 566 Å². The van der Waals surface area contributed by atoms with E-state index in [1.165, 1.54) is 23.8 Å². The Kier molecular flexibility index (Phi) is 30.6. The lowest BCUT2D eigenvalue weighted by atomic mass is 9.96. The molecule has 23 heteroatoms. The number of carbonyl (C=O) groups is 3. The second kappa shape index (κ2) is 38.1. The van der Waals surface area contributed by atoms with Gasteiger partial charge in [0, 0.05) is 97.2 Å². The van der Waals surface area contributed by atoms with Gasteiger partial charge in [-0.1, -0.05) is 125 Å². The summed E-state index contributed by atoms with van der Waals surface area (Å²) in [5, 5.41) is 35.4. The van der Waals surface area contributed by atoms with E-state index in [4.69, 9.17) is 82.4 Å². The maximum atomic E-state index is 13.1. The van der Waals surface area contributed by atoms with Crippen LogP contribution in [0.4, 0.5) is 0 Å². The van der Waals surface area contributed by atoms with Crippen molar-refractivity contribution in [3.63, 3.8) is 0 Å². The third-order valence-electron chi connectivity index (χ3n) is 16.2. The second-order valence-electron chi connectivity index (χ2n) is 23.3. The molecule has 5 aliphatic heterocycles. The van der Waals surface area contributed by atoms with Gasteiger partial charge >= 0.3 is 11.9 Å². The molecule has 0 saturated carbocycles. The minimum atomic E-state index is -3.33. The third kappa shape index (κ3) is 26.0. The van der Waals surface area contributed by atoms with E-state index in [-0.39, 0.29) is 48.9 Å². The monoisotopic (exact) mass is 1380 g/mol. The van der Waals surface area contributed by atoms with Crippen molar-refractivity contribution in [1.29, 1.82) is 0 Å². The highest BCUT2D eigenvalue weighted by molar-refractivity contribution is 7.86. The number of rotatable bonds is 23. The minimum Gasteiger partial charge on any atom is -0.486 e. The van der Waals surface area contributed by atoms with E-state index in [2.05, 4.69) is 41.2 Å². The first-order chi connectivity index (χ1) is 44.2. The summed E-state index contributed by atoms with van der Waals surface area (Å²) in [7, 11) is -1.89. The number of aliphatic carboxylic acids is 1. The number of carbonyl (C=O) groups excluding carboxylic acids is 2. The summed E-state index contributed by atoms with van der Waals surface area (Å²) < 4.78 is 41.9. The Hall–Kier alpha value is -5.55. The van der Waals surface area contributed by atoms with Gasteiger partial charge in [0.1, 0.15) is 19.3 Å². The molecule has 0 unspecified atom stereocenters. The van der Waals surface area contributed by atoms with Gasteiger partial charge in [0.15, 0.2) is 11.5 Å². The lowest BCUT2D eigenvalue weighted by molar-refractivity contribution is -0.151. The molecule has 2 atom stereocenters. The van der Waals surface area contributed by atoms with E-state index >= 15 is 0 Å². The number of likely N-dealkylation sites (tertiary alicyclic amines) is 4. The number of nitrogens with zero attached hydrogens (tertiary/aromatic N) is 4. The molecule has 92 heavy (non-hydrogen) atoms. The highest BCUT2D eigenvalue weighted by Crippen LogP contribution is 2.34. The molecule has 11 rings (SSSR count). The summed E-state index contributed by atoms with van der Waals surface area (Å²) in [5.41, 5.74) is 6.61. The lowest BCUT2D eigenvalue weighted by Gasteiger charge is -2.39. The number of esters is 1. The highest BCUT2D eigenvalue weighted by atomic mass is 35.5.